The topological polar surface area (TPSA) is 87.7 Å². The molecule has 1 saturated heterocycles. The van der Waals surface area contributed by atoms with Crippen LogP contribution < -0.4 is 14.8 Å². The predicted molar refractivity (Wildman–Crippen MR) is 127 cm³/mol. The molecule has 0 saturated carbocycles. The van der Waals surface area contributed by atoms with Crippen molar-refractivity contribution in [1.29, 1.82) is 0 Å². The molecule has 0 aliphatic carbocycles. The maximum atomic E-state index is 12.9. The number of halogens is 1. The Balaban J connectivity index is 1.69. The van der Waals surface area contributed by atoms with Gasteiger partial charge in [-0.05, 0) is 75.2 Å². The summed E-state index contributed by atoms with van der Waals surface area (Å²) >= 11 is 6.23. The van der Waals surface area contributed by atoms with Gasteiger partial charge in [0.2, 0.25) is 0 Å². The van der Waals surface area contributed by atoms with Gasteiger partial charge in [-0.15, -0.1) is 0 Å². The van der Waals surface area contributed by atoms with E-state index in [1.807, 2.05) is 6.92 Å². The van der Waals surface area contributed by atoms with Crippen LogP contribution in [0.25, 0.3) is 0 Å². The number of likely N-dealkylation sites (tertiary alicyclic amines) is 1. The van der Waals surface area contributed by atoms with E-state index in [-0.39, 0.29) is 27.4 Å². The summed E-state index contributed by atoms with van der Waals surface area (Å²) in [6, 6.07) is 10.8. The van der Waals surface area contributed by atoms with Crippen molar-refractivity contribution in [3.05, 3.63) is 53.1 Å². The lowest BCUT2D eigenvalue weighted by atomic mass is 10.0. The Labute approximate surface area is 195 Å². The average Bonchev–Trinajstić information content (AvgIpc) is 2.77. The van der Waals surface area contributed by atoms with Crippen LogP contribution in [-0.2, 0) is 10.0 Å². The molecule has 2 aromatic carbocycles. The molecule has 1 fully saturated rings. The van der Waals surface area contributed by atoms with Crippen LogP contribution in [0.2, 0.25) is 5.02 Å². The highest BCUT2D eigenvalue weighted by Gasteiger charge is 2.23. The smallest absolute Gasteiger partial charge is 0.261 e. The predicted octanol–water partition coefficient (Wildman–Crippen LogP) is 4.14. The minimum atomic E-state index is -3.89. The molecule has 7 nitrogen and oxygen atoms in total. The Bertz CT molecular complexity index is 1020. The van der Waals surface area contributed by atoms with E-state index in [1.54, 1.807) is 24.3 Å². The zero-order valence-corrected chi connectivity index (χ0v) is 20.0. The largest absolute Gasteiger partial charge is 0.494 e. The number of carbonyl (C=O) groups is 1. The van der Waals surface area contributed by atoms with Gasteiger partial charge in [-0.2, -0.15) is 0 Å². The number of nitrogens with one attached hydrogen (secondary N) is 2. The molecule has 0 aromatic heterocycles. The number of sulfonamides is 1. The molecule has 1 heterocycles. The number of anilines is 1. The quantitative estimate of drug-likeness (QED) is 0.564. The third-order valence-corrected chi connectivity index (χ3v) is 7.08. The molecule has 2 N–H and O–H groups in total. The normalized spacial score (nSPS) is 15.3. The van der Waals surface area contributed by atoms with E-state index in [2.05, 4.69) is 21.9 Å². The second-order valence-electron chi connectivity index (χ2n) is 7.79. The monoisotopic (exact) mass is 479 g/mol. The van der Waals surface area contributed by atoms with E-state index in [9.17, 15) is 13.2 Å². The molecular weight excluding hydrogens is 450 g/mol. The van der Waals surface area contributed by atoms with E-state index in [4.69, 9.17) is 16.3 Å². The van der Waals surface area contributed by atoms with Crippen LogP contribution >= 0.6 is 11.6 Å². The molecule has 3 rings (SSSR count). The van der Waals surface area contributed by atoms with E-state index in [1.165, 1.54) is 18.2 Å². The van der Waals surface area contributed by atoms with E-state index in [0.717, 1.165) is 38.9 Å². The number of benzene rings is 2. The van der Waals surface area contributed by atoms with Crippen LogP contribution in [-0.4, -0.2) is 51.5 Å². The van der Waals surface area contributed by atoms with Crippen molar-refractivity contribution in [1.82, 2.24) is 10.2 Å². The van der Waals surface area contributed by atoms with E-state index >= 15 is 0 Å². The fraction of sp³-hybridized carbons (Fsp3) is 0.435. The lowest BCUT2D eigenvalue weighted by Gasteiger charge is -2.32. The summed E-state index contributed by atoms with van der Waals surface area (Å²) in [5, 5.41) is 3.22. The Morgan fingerprint density at radius 2 is 1.81 bits per heavy atom. The second kappa shape index (κ2) is 11.0. The van der Waals surface area contributed by atoms with Gasteiger partial charge >= 0.3 is 0 Å². The molecule has 0 unspecified atom stereocenters. The number of hydrogen-bond donors (Lipinski definition) is 2. The first-order valence-corrected chi connectivity index (χ1v) is 12.8. The number of ether oxygens (including phenoxy) is 1. The van der Waals surface area contributed by atoms with Crippen molar-refractivity contribution < 1.29 is 17.9 Å². The van der Waals surface area contributed by atoms with Crippen LogP contribution in [0.5, 0.6) is 5.75 Å². The van der Waals surface area contributed by atoms with Crippen molar-refractivity contribution in [2.75, 3.05) is 31.0 Å². The van der Waals surface area contributed by atoms with Crippen LogP contribution in [0.1, 0.15) is 43.5 Å². The molecular formula is C23H30ClN3O4S. The maximum absolute atomic E-state index is 12.9. The summed E-state index contributed by atoms with van der Waals surface area (Å²) < 4.78 is 33.6. The molecule has 1 aliphatic heterocycles. The van der Waals surface area contributed by atoms with Gasteiger partial charge in [0.05, 0.1) is 22.1 Å². The number of nitrogens with zero attached hydrogens (tertiary/aromatic N) is 1. The Kier molecular flexibility index (Phi) is 8.39. The summed E-state index contributed by atoms with van der Waals surface area (Å²) in [5.41, 5.74) is 0.547. The van der Waals surface area contributed by atoms with Crippen molar-refractivity contribution in [2.45, 2.75) is 44.0 Å². The number of rotatable bonds is 9. The average molecular weight is 480 g/mol. The molecule has 0 radical (unpaired) electrons. The molecule has 0 bridgehead atoms. The fourth-order valence-corrected chi connectivity index (χ4v) is 5.01. The van der Waals surface area contributed by atoms with E-state index in [0.29, 0.717) is 18.0 Å². The lowest BCUT2D eigenvalue weighted by Crippen LogP contribution is -2.44. The van der Waals surface area contributed by atoms with E-state index < -0.39 is 10.0 Å². The van der Waals surface area contributed by atoms with Gasteiger partial charge in [0.25, 0.3) is 15.9 Å². The van der Waals surface area contributed by atoms with Gasteiger partial charge in [0.1, 0.15) is 5.75 Å². The highest BCUT2D eigenvalue weighted by atomic mass is 35.5. The Morgan fingerprint density at radius 3 is 2.44 bits per heavy atom. The van der Waals surface area contributed by atoms with Crippen LogP contribution in [0.4, 0.5) is 5.69 Å². The van der Waals surface area contributed by atoms with Crippen molar-refractivity contribution in [2.24, 2.45) is 0 Å². The lowest BCUT2D eigenvalue weighted by molar-refractivity contribution is 0.0911. The van der Waals surface area contributed by atoms with Crippen LogP contribution in [0, 0.1) is 0 Å². The first-order valence-electron chi connectivity index (χ1n) is 10.9. The molecule has 174 valence electrons. The highest BCUT2D eigenvalue weighted by Crippen LogP contribution is 2.24. The zero-order chi connectivity index (χ0) is 23.1. The number of hydrogen-bond acceptors (Lipinski definition) is 5. The third-order valence-electron chi connectivity index (χ3n) is 5.37. The summed E-state index contributed by atoms with van der Waals surface area (Å²) in [6.45, 7) is 7.49. The first-order chi connectivity index (χ1) is 15.3. The van der Waals surface area contributed by atoms with Gasteiger partial charge in [-0.1, -0.05) is 18.5 Å². The molecule has 9 heteroatoms. The summed E-state index contributed by atoms with van der Waals surface area (Å²) in [5.74, 6) is 0.295. The van der Waals surface area contributed by atoms with Gasteiger partial charge in [0, 0.05) is 24.8 Å². The number of carbonyl (C=O) groups excluding carboxylic acids is 1. The molecule has 0 spiro atoms. The first kappa shape index (κ1) is 24.4. The van der Waals surface area contributed by atoms with Crippen LogP contribution in [0.15, 0.2) is 47.4 Å². The SMILES string of the molecule is CCCN1CCC(NC(=O)c2cc(S(=O)(=O)Nc3ccc(OCC)cc3)ccc2Cl)CC1. The number of amides is 1. The van der Waals surface area contributed by atoms with Crippen molar-refractivity contribution in [3.8, 4) is 5.75 Å². The van der Waals surface area contributed by atoms with Gasteiger partial charge in [0.15, 0.2) is 0 Å². The maximum Gasteiger partial charge on any atom is 0.261 e. The summed E-state index contributed by atoms with van der Waals surface area (Å²) in [7, 11) is -3.89. The third kappa shape index (κ3) is 6.37. The van der Waals surface area contributed by atoms with Crippen molar-refractivity contribution in [3.63, 3.8) is 0 Å². The highest BCUT2D eigenvalue weighted by molar-refractivity contribution is 7.92. The van der Waals surface area contributed by atoms with Gasteiger partial charge in [-0.25, -0.2) is 8.42 Å². The van der Waals surface area contributed by atoms with Crippen molar-refractivity contribution >= 4 is 33.2 Å². The minimum Gasteiger partial charge on any atom is -0.494 e. The molecule has 1 aliphatic rings. The zero-order valence-electron chi connectivity index (χ0n) is 18.4. The molecule has 32 heavy (non-hydrogen) atoms. The molecule has 2 aromatic rings. The summed E-state index contributed by atoms with van der Waals surface area (Å²) in [4.78, 5) is 15.2. The van der Waals surface area contributed by atoms with Crippen LogP contribution in [0.3, 0.4) is 0 Å². The number of piperidine rings is 1. The van der Waals surface area contributed by atoms with Gasteiger partial charge in [-0.3, -0.25) is 9.52 Å². The Morgan fingerprint density at radius 1 is 1.12 bits per heavy atom. The molecule has 0 atom stereocenters. The standard InChI is InChI=1S/C23H30ClN3O4S/c1-3-13-27-14-11-17(12-15-27)25-23(28)21-16-20(9-10-22(21)24)32(29,30)26-18-5-7-19(8-6-18)31-4-2/h5-10,16-17,26H,3-4,11-15H2,1-2H3,(H,25,28). The Hall–Kier alpha value is -2.29. The summed E-state index contributed by atoms with van der Waals surface area (Å²) in [6.07, 6.45) is 2.83. The van der Waals surface area contributed by atoms with Gasteiger partial charge < -0.3 is 15.0 Å². The second-order valence-corrected chi connectivity index (χ2v) is 9.88. The molecule has 1 amide bonds. The minimum absolute atomic E-state index is 0.0290. The fourth-order valence-electron chi connectivity index (χ4n) is 3.73.